The summed E-state index contributed by atoms with van der Waals surface area (Å²) in [5, 5.41) is 0.514. The molecule has 4 nitrogen and oxygen atoms in total. The fourth-order valence-electron chi connectivity index (χ4n) is 2.07. The Kier molecular flexibility index (Phi) is 2.93. The van der Waals surface area contributed by atoms with E-state index in [-0.39, 0.29) is 0 Å². The summed E-state index contributed by atoms with van der Waals surface area (Å²) in [6.07, 6.45) is 2.49. The summed E-state index contributed by atoms with van der Waals surface area (Å²) >= 11 is 1.97. The van der Waals surface area contributed by atoms with Crippen molar-refractivity contribution in [3.8, 4) is 5.88 Å². The molecular weight excluding hydrogens is 234 g/mol. The molecule has 1 fully saturated rings. The Morgan fingerprint density at radius 3 is 3.18 bits per heavy atom. The summed E-state index contributed by atoms with van der Waals surface area (Å²) in [5.41, 5.74) is 1.76. The summed E-state index contributed by atoms with van der Waals surface area (Å²) in [4.78, 5) is 12.3. The molecule has 0 spiro atoms. The zero-order valence-electron chi connectivity index (χ0n) is 9.77. The van der Waals surface area contributed by atoms with Crippen LogP contribution in [0.4, 0.5) is 0 Å². The van der Waals surface area contributed by atoms with Gasteiger partial charge in [-0.3, -0.25) is 0 Å². The van der Waals surface area contributed by atoms with Crippen molar-refractivity contribution in [2.24, 2.45) is 0 Å². The van der Waals surface area contributed by atoms with Crippen LogP contribution in [0.3, 0.4) is 0 Å². The van der Waals surface area contributed by atoms with Crippen LogP contribution < -0.4 is 4.74 Å². The van der Waals surface area contributed by atoms with Crippen LogP contribution >= 0.6 is 11.8 Å². The first-order valence-electron chi connectivity index (χ1n) is 5.98. The molecule has 0 aromatic carbocycles. The van der Waals surface area contributed by atoms with Crippen molar-refractivity contribution >= 4 is 22.9 Å². The molecule has 1 N–H and O–H groups in total. The maximum Gasteiger partial charge on any atom is 0.215 e. The molecule has 90 valence electrons. The lowest BCUT2D eigenvalue weighted by Crippen LogP contribution is -1.94. The smallest absolute Gasteiger partial charge is 0.215 e. The van der Waals surface area contributed by atoms with Gasteiger partial charge in [-0.1, -0.05) is 0 Å². The average Bonchev–Trinajstić information content (AvgIpc) is 2.97. The van der Waals surface area contributed by atoms with Gasteiger partial charge < -0.3 is 9.72 Å². The van der Waals surface area contributed by atoms with E-state index >= 15 is 0 Å². The number of hydrogen-bond acceptors (Lipinski definition) is 4. The highest BCUT2D eigenvalue weighted by atomic mass is 32.2. The molecule has 2 aromatic heterocycles. The van der Waals surface area contributed by atoms with Crippen LogP contribution in [0.15, 0.2) is 12.1 Å². The normalized spacial score (nSPS) is 19.9. The van der Waals surface area contributed by atoms with Gasteiger partial charge in [0.05, 0.1) is 17.4 Å². The summed E-state index contributed by atoms with van der Waals surface area (Å²) in [5.74, 6) is 2.94. The Morgan fingerprint density at radius 2 is 2.41 bits per heavy atom. The third-order valence-electron chi connectivity index (χ3n) is 2.87. The average molecular weight is 249 g/mol. The molecule has 5 heteroatoms. The van der Waals surface area contributed by atoms with Crippen LogP contribution in [0.25, 0.3) is 11.2 Å². The highest BCUT2D eigenvalue weighted by molar-refractivity contribution is 7.99. The second kappa shape index (κ2) is 4.56. The van der Waals surface area contributed by atoms with Crippen molar-refractivity contribution in [3.63, 3.8) is 0 Å². The van der Waals surface area contributed by atoms with Gasteiger partial charge in [0.15, 0.2) is 5.65 Å². The summed E-state index contributed by atoms with van der Waals surface area (Å²) < 4.78 is 5.38. The summed E-state index contributed by atoms with van der Waals surface area (Å²) in [6.45, 7) is 2.59. The van der Waals surface area contributed by atoms with E-state index in [0.29, 0.717) is 17.7 Å². The molecule has 1 atom stereocenters. The van der Waals surface area contributed by atoms with Crippen LogP contribution in [-0.2, 0) is 0 Å². The number of imidazole rings is 1. The molecule has 0 saturated carbocycles. The van der Waals surface area contributed by atoms with Crippen molar-refractivity contribution in [2.75, 3.05) is 12.4 Å². The monoisotopic (exact) mass is 249 g/mol. The number of thioether (sulfide) groups is 1. The Bertz CT molecular complexity index is 519. The van der Waals surface area contributed by atoms with Crippen LogP contribution in [-0.4, -0.2) is 27.3 Å². The van der Waals surface area contributed by atoms with Gasteiger partial charge in [-0.15, -0.1) is 0 Å². The number of pyridine rings is 1. The van der Waals surface area contributed by atoms with Gasteiger partial charge in [-0.2, -0.15) is 16.7 Å². The fraction of sp³-hybridized carbons (Fsp3) is 0.500. The topological polar surface area (TPSA) is 50.8 Å². The van der Waals surface area contributed by atoms with E-state index in [0.717, 1.165) is 17.0 Å². The second-order valence-corrected chi connectivity index (χ2v) is 5.39. The van der Waals surface area contributed by atoms with Crippen molar-refractivity contribution in [1.82, 2.24) is 15.0 Å². The lowest BCUT2D eigenvalue weighted by atomic mass is 10.2. The van der Waals surface area contributed by atoms with E-state index in [1.807, 2.05) is 30.8 Å². The first-order chi connectivity index (χ1) is 8.36. The Labute approximate surface area is 104 Å². The maximum absolute atomic E-state index is 5.38. The third kappa shape index (κ3) is 2.11. The maximum atomic E-state index is 5.38. The molecule has 0 aliphatic carbocycles. The molecule has 0 radical (unpaired) electrons. The SMILES string of the molecule is CCOc1ccc2[nH]c(C3CCCS3)nc2n1. The Hall–Kier alpha value is -1.23. The number of aromatic nitrogens is 3. The van der Waals surface area contributed by atoms with E-state index in [1.54, 1.807) is 0 Å². The molecule has 1 saturated heterocycles. The van der Waals surface area contributed by atoms with Crippen LogP contribution in [0.5, 0.6) is 5.88 Å². The molecule has 0 amide bonds. The molecule has 17 heavy (non-hydrogen) atoms. The first-order valence-corrected chi connectivity index (χ1v) is 7.03. The number of hydrogen-bond donors (Lipinski definition) is 1. The molecule has 2 aromatic rings. The number of ether oxygens (including phenoxy) is 1. The van der Waals surface area contributed by atoms with Crippen molar-refractivity contribution < 1.29 is 4.74 Å². The zero-order valence-corrected chi connectivity index (χ0v) is 10.6. The lowest BCUT2D eigenvalue weighted by Gasteiger charge is -2.01. The minimum atomic E-state index is 0.514. The quantitative estimate of drug-likeness (QED) is 0.908. The van der Waals surface area contributed by atoms with Gasteiger partial charge in [0.25, 0.3) is 0 Å². The highest BCUT2D eigenvalue weighted by Crippen LogP contribution is 2.38. The van der Waals surface area contributed by atoms with Crippen LogP contribution in [0, 0.1) is 0 Å². The molecule has 3 heterocycles. The van der Waals surface area contributed by atoms with Crippen molar-refractivity contribution in [2.45, 2.75) is 25.0 Å². The standard InChI is InChI=1S/C12H15N3OS/c1-2-16-10-6-5-8-11(14-10)15-12(13-8)9-4-3-7-17-9/h5-6,9H,2-4,7H2,1H3,(H,13,14,15). The minimum Gasteiger partial charge on any atom is -0.478 e. The van der Waals surface area contributed by atoms with E-state index < -0.39 is 0 Å². The number of fused-ring (bicyclic) bond motifs is 1. The molecule has 1 aliphatic heterocycles. The van der Waals surface area contributed by atoms with Gasteiger partial charge in [0.1, 0.15) is 5.82 Å². The largest absolute Gasteiger partial charge is 0.478 e. The van der Waals surface area contributed by atoms with Crippen molar-refractivity contribution in [1.29, 1.82) is 0 Å². The summed E-state index contributed by atoms with van der Waals surface area (Å²) in [6, 6.07) is 3.87. The fourth-order valence-corrected chi connectivity index (χ4v) is 3.29. The van der Waals surface area contributed by atoms with E-state index in [2.05, 4.69) is 15.0 Å². The molecule has 3 rings (SSSR count). The molecular formula is C12H15N3OS. The number of H-pyrrole nitrogens is 1. The van der Waals surface area contributed by atoms with Gasteiger partial charge >= 0.3 is 0 Å². The predicted molar refractivity (Wildman–Crippen MR) is 69.5 cm³/mol. The van der Waals surface area contributed by atoms with Gasteiger partial charge in [0.2, 0.25) is 5.88 Å². The highest BCUT2D eigenvalue weighted by Gasteiger charge is 2.21. The zero-order chi connectivity index (χ0) is 11.7. The minimum absolute atomic E-state index is 0.514. The van der Waals surface area contributed by atoms with E-state index in [9.17, 15) is 0 Å². The van der Waals surface area contributed by atoms with Crippen molar-refractivity contribution in [3.05, 3.63) is 18.0 Å². The van der Waals surface area contributed by atoms with Gasteiger partial charge in [-0.05, 0) is 31.6 Å². The predicted octanol–water partition coefficient (Wildman–Crippen LogP) is 2.92. The lowest BCUT2D eigenvalue weighted by molar-refractivity contribution is 0.328. The number of nitrogens with one attached hydrogen (secondary N) is 1. The number of nitrogens with zero attached hydrogens (tertiary/aromatic N) is 2. The van der Waals surface area contributed by atoms with E-state index in [4.69, 9.17) is 4.74 Å². The van der Waals surface area contributed by atoms with Crippen LogP contribution in [0.2, 0.25) is 0 Å². The Morgan fingerprint density at radius 1 is 1.47 bits per heavy atom. The number of aromatic amines is 1. The van der Waals surface area contributed by atoms with E-state index in [1.165, 1.54) is 18.6 Å². The van der Waals surface area contributed by atoms with Crippen LogP contribution in [0.1, 0.15) is 30.8 Å². The molecule has 1 aliphatic rings. The second-order valence-electron chi connectivity index (χ2n) is 4.08. The number of rotatable bonds is 3. The first kappa shape index (κ1) is 10.9. The molecule has 1 unspecified atom stereocenters. The molecule has 0 bridgehead atoms. The summed E-state index contributed by atoms with van der Waals surface area (Å²) in [7, 11) is 0. The Balaban J connectivity index is 1.94. The third-order valence-corrected chi connectivity index (χ3v) is 4.25. The van der Waals surface area contributed by atoms with Gasteiger partial charge in [-0.25, -0.2) is 4.98 Å². The van der Waals surface area contributed by atoms with Gasteiger partial charge in [0, 0.05) is 6.07 Å².